The summed E-state index contributed by atoms with van der Waals surface area (Å²) in [5.41, 5.74) is 8.84. The van der Waals surface area contributed by atoms with Crippen molar-refractivity contribution in [3.63, 3.8) is 0 Å². The van der Waals surface area contributed by atoms with Crippen LogP contribution >= 0.6 is 23.2 Å². The molecule has 0 radical (unpaired) electrons. The summed E-state index contributed by atoms with van der Waals surface area (Å²) in [6, 6.07) is 14.1. The highest BCUT2D eigenvalue weighted by molar-refractivity contribution is 6.36. The SMILES string of the molecule is N#Cc1ccc(-n2nc3c(c2N)CC(c2c(Cl)cccc2Cl)C(=O)N3)cc1. The minimum atomic E-state index is -0.556. The molecule has 134 valence electrons. The molecule has 1 aliphatic rings. The van der Waals surface area contributed by atoms with Crippen molar-refractivity contribution >= 4 is 40.7 Å². The molecule has 3 aromatic rings. The molecule has 3 N–H and O–H groups in total. The van der Waals surface area contributed by atoms with Gasteiger partial charge in [0.2, 0.25) is 5.91 Å². The van der Waals surface area contributed by atoms with E-state index in [2.05, 4.69) is 16.5 Å². The molecule has 1 amide bonds. The van der Waals surface area contributed by atoms with Crippen LogP contribution in [0.4, 0.5) is 11.6 Å². The highest BCUT2D eigenvalue weighted by atomic mass is 35.5. The molecular formula is C19H13Cl2N5O. The number of hydrogen-bond donors (Lipinski definition) is 2. The molecular weight excluding hydrogens is 385 g/mol. The molecule has 2 heterocycles. The molecule has 27 heavy (non-hydrogen) atoms. The van der Waals surface area contributed by atoms with E-state index in [1.807, 2.05) is 0 Å². The minimum Gasteiger partial charge on any atom is -0.383 e. The number of nitrogen functional groups attached to an aromatic ring is 1. The highest BCUT2D eigenvalue weighted by Crippen LogP contribution is 2.40. The van der Waals surface area contributed by atoms with Crippen LogP contribution in [0, 0.1) is 11.3 Å². The third-order valence-corrected chi connectivity index (χ3v) is 5.24. The monoisotopic (exact) mass is 397 g/mol. The summed E-state index contributed by atoms with van der Waals surface area (Å²) in [4.78, 5) is 12.6. The maximum atomic E-state index is 12.6. The number of nitriles is 1. The Hall–Kier alpha value is -3.01. The average molecular weight is 398 g/mol. The van der Waals surface area contributed by atoms with Crippen LogP contribution in [-0.2, 0) is 11.2 Å². The number of aromatic nitrogens is 2. The van der Waals surface area contributed by atoms with Crippen molar-refractivity contribution in [2.75, 3.05) is 11.1 Å². The standard InChI is InChI=1S/C19H13Cl2N5O/c20-14-2-1-3-15(21)16(14)12-8-13-17(23)26(25-18(13)24-19(12)27)11-6-4-10(9-22)5-7-11/h1-7,12H,8,23H2,(H,24,25,27). The van der Waals surface area contributed by atoms with Gasteiger partial charge in [-0.2, -0.15) is 5.26 Å². The first-order chi connectivity index (χ1) is 13.0. The van der Waals surface area contributed by atoms with E-state index < -0.39 is 5.92 Å². The quantitative estimate of drug-likeness (QED) is 0.684. The largest absolute Gasteiger partial charge is 0.383 e. The van der Waals surface area contributed by atoms with E-state index in [0.29, 0.717) is 44.9 Å². The summed E-state index contributed by atoms with van der Waals surface area (Å²) in [7, 11) is 0. The molecule has 1 aliphatic heterocycles. The second-order valence-corrected chi connectivity index (χ2v) is 6.98. The van der Waals surface area contributed by atoms with E-state index in [0.717, 1.165) is 5.56 Å². The lowest BCUT2D eigenvalue weighted by molar-refractivity contribution is -0.117. The van der Waals surface area contributed by atoms with Crippen molar-refractivity contribution in [1.29, 1.82) is 5.26 Å². The van der Waals surface area contributed by atoms with Crippen LogP contribution in [0.15, 0.2) is 42.5 Å². The van der Waals surface area contributed by atoms with Crippen LogP contribution in [0.2, 0.25) is 10.0 Å². The number of rotatable bonds is 2. The summed E-state index contributed by atoms with van der Waals surface area (Å²) < 4.78 is 1.54. The number of fused-ring (bicyclic) bond motifs is 1. The third-order valence-electron chi connectivity index (χ3n) is 4.58. The van der Waals surface area contributed by atoms with E-state index in [9.17, 15) is 4.79 Å². The van der Waals surface area contributed by atoms with Gasteiger partial charge in [-0.1, -0.05) is 29.3 Å². The summed E-state index contributed by atoms with van der Waals surface area (Å²) in [5.74, 6) is 0.0470. The zero-order chi connectivity index (χ0) is 19.1. The molecule has 0 fully saturated rings. The Kier molecular flexibility index (Phi) is 4.27. The lowest BCUT2D eigenvalue weighted by Crippen LogP contribution is -2.28. The fourth-order valence-corrected chi connectivity index (χ4v) is 3.88. The maximum absolute atomic E-state index is 12.6. The fraction of sp³-hybridized carbons (Fsp3) is 0.105. The maximum Gasteiger partial charge on any atom is 0.233 e. The predicted molar refractivity (Wildman–Crippen MR) is 104 cm³/mol. The van der Waals surface area contributed by atoms with Crippen LogP contribution in [0.3, 0.4) is 0 Å². The molecule has 0 bridgehead atoms. The van der Waals surface area contributed by atoms with Crippen LogP contribution in [0.25, 0.3) is 5.69 Å². The van der Waals surface area contributed by atoms with Crippen molar-refractivity contribution in [2.24, 2.45) is 0 Å². The van der Waals surface area contributed by atoms with E-state index in [1.165, 1.54) is 0 Å². The molecule has 1 unspecified atom stereocenters. The van der Waals surface area contributed by atoms with Crippen molar-refractivity contribution in [3.8, 4) is 11.8 Å². The zero-order valence-corrected chi connectivity index (χ0v) is 15.4. The molecule has 0 spiro atoms. The average Bonchev–Trinajstić information content (AvgIpc) is 2.97. The number of benzene rings is 2. The second-order valence-electron chi connectivity index (χ2n) is 6.16. The van der Waals surface area contributed by atoms with Gasteiger partial charge in [0.1, 0.15) is 5.82 Å². The first-order valence-electron chi connectivity index (χ1n) is 8.12. The van der Waals surface area contributed by atoms with Gasteiger partial charge in [-0.3, -0.25) is 4.79 Å². The number of nitrogens with zero attached hydrogens (tertiary/aromatic N) is 3. The summed E-state index contributed by atoms with van der Waals surface area (Å²) >= 11 is 12.6. The molecule has 6 nitrogen and oxygen atoms in total. The van der Waals surface area contributed by atoms with Crippen molar-refractivity contribution in [2.45, 2.75) is 12.3 Å². The minimum absolute atomic E-state index is 0.234. The fourth-order valence-electron chi connectivity index (χ4n) is 3.22. The van der Waals surface area contributed by atoms with Crippen molar-refractivity contribution in [3.05, 3.63) is 69.2 Å². The molecule has 0 aliphatic carbocycles. The number of carbonyl (C=O) groups is 1. The number of nitrogens with one attached hydrogen (secondary N) is 1. The van der Waals surface area contributed by atoms with Crippen molar-refractivity contribution < 1.29 is 4.79 Å². The van der Waals surface area contributed by atoms with Gasteiger partial charge in [0, 0.05) is 21.2 Å². The second kappa shape index (κ2) is 6.62. The van der Waals surface area contributed by atoms with E-state index in [4.69, 9.17) is 34.2 Å². The number of amides is 1. The normalized spacial score (nSPS) is 15.7. The Morgan fingerprint density at radius 1 is 1.19 bits per heavy atom. The van der Waals surface area contributed by atoms with Gasteiger partial charge in [-0.15, -0.1) is 5.10 Å². The van der Waals surface area contributed by atoms with E-state index in [1.54, 1.807) is 47.1 Å². The van der Waals surface area contributed by atoms with Crippen LogP contribution in [0.1, 0.15) is 22.6 Å². The van der Waals surface area contributed by atoms with Gasteiger partial charge < -0.3 is 11.1 Å². The topological polar surface area (TPSA) is 96.7 Å². The molecule has 8 heteroatoms. The lowest BCUT2D eigenvalue weighted by atomic mass is 9.89. The van der Waals surface area contributed by atoms with Gasteiger partial charge in [0.25, 0.3) is 0 Å². The van der Waals surface area contributed by atoms with Gasteiger partial charge in [0.05, 0.1) is 23.2 Å². The van der Waals surface area contributed by atoms with E-state index >= 15 is 0 Å². The predicted octanol–water partition coefficient (Wildman–Crippen LogP) is 3.91. The van der Waals surface area contributed by atoms with E-state index in [-0.39, 0.29) is 5.91 Å². The Bertz CT molecular complexity index is 1080. The van der Waals surface area contributed by atoms with Gasteiger partial charge in [-0.25, -0.2) is 4.68 Å². The van der Waals surface area contributed by atoms with Crippen LogP contribution in [0.5, 0.6) is 0 Å². The highest BCUT2D eigenvalue weighted by Gasteiger charge is 2.34. The number of halogens is 2. The number of anilines is 2. The molecule has 4 rings (SSSR count). The van der Waals surface area contributed by atoms with Crippen molar-refractivity contribution in [1.82, 2.24) is 9.78 Å². The smallest absolute Gasteiger partial charge is 0.233 e. The Morgan fingerprint density at radius 3 is 2.48 bits per heavy atom. The molecule has 0 saturated carbocycles. The lowest BCUT2D eigenvalue weighted by Gasteiger charge is -2.23. The molecule has 0 saturated heterocycles. The number of hydrogen-bond acceptors (Lipinski definition) is 4. The number of carbonyl (C=O) groups excluding carboxylic acids is 1. The van der Waals surface area contributed by atoms with Crippen LogP contribution < -0.4 is 11.1 Å². The molecule has 1 atom stereocenters. The molecule has 1 aromatic heterocycles. The van der Waals surface area contributed by atoms with Gasteiger partial charge in [-0.05, 0) is 42.8 Å². The third kappa shape index (κ3) is 2.91. The van der Waals surface area contributed by atoms with Gasteiger partial charge in [0.15, 0.2) is 5.82 Å². The Morgan fingerprint density at radius 2 is 1.85 bits per heavy atom. The zero-order valence-electron chi connectivity index (χ0n) is 13.9. The summed E-state index contributed by atoms with van der Waals surface area (Å²) in [6.45, 7) is 0. The Balaban J connectivity index is 1.75. The van der Waals surface area contributed by atoms with Gasteiger partial charge >= 0.3 is 0 Å². The first kappa shape index (κ1) is 17.4. The first-order valence-corrected chi connectivity index (χ1v) is 8.88. The summed E-state index contributed by atoms with van der Waals surface area (Å²) in [6.07, 6.45) is 0.340. The van der Waals surface area contributed by atoms with Crippen LogP contribution in [-0.4, -0.2) is 15.7 Å². The Labute approximate surface area is 165 Å². The number of nitrogens with two attached hydrogens (primary N) is 1. The summed E-state index contributed by atoms with van der Waals surface area (Å²) in [5, 5.41) is 17.0. The molecule has 2 aromatic carbocycles.